The Balaban J connectivity index is 1.43. The molecule has 1 aliphatic carbocycles. The van der Waals surface area contributed by atoms with Crippen molar-refractivity contribution in [2.75, 3.05) is 5.43 Å². The molecule has 2 aromatic heterocycles. The van der Waals surface area contributed by atoms with Crippen LogP contribution in [0.1, 0.15) is 35.8 Å². The Morgan fingerprint density at radius 3 is 3.07 bits per heavy atom. The molecular formula is C21H20N4OS. The van der Waals surface area contributed by atoms with Gasteiger partial charge in [-0.05, 0) is 50.3 Å². The van der Waals surface area contributed by atoms with E-state index in [-0.39, 0.29) is 6.10 Å². The molecular weight excluding hydrogens is 356 g/mol. The molecule has 136 valence electrons. The quantitative estimate of drug-likeness (QED) is 0.525. The number of benzene rings is 1. The van der Waals surface area contributed by atoms with Crippen LogP contribution in [0.3, 0.4) is 0 Å². The van der Waals surface area contributed by atoms with E-state index in [0.29, 0.717) is 0 Å². The molecule has 5 nitrogen and oxygen atoms in total. The number of anilines is 1. The molecule has 5 rings (SSSR count). The van der Waals surface area contributed by atoms with Crippen molar-refractivity contribution >= 4 is 39.7 Å². The molecule has 0 saturated carbocycles. The second-order valence-corrected chi connectivity index (χ2v) is 8.01. The van der Waals surface area contributed by atoms with Crippen molar-refractivity contribution in [3.63, 3.8) is 0 Å². The summed E-state index contributed by atoms with van der Waals surface area (Å²) in [5, 5.41) is 5.60. The van der Waals surface area contributed by atoms with Crippen LogP contribution in [0.4, 0.5) is 5.82 Å². The zero-order valence-electron chi connectivity index (χ0n) is 15.1. The lowest BCUT2D eigenvalue weighted by molar-refractivity contribution is 0.260. The number of rotatable bonds is 3. The van der Waals surface area contributed by atoms with E-state index < -0.39 is 0 Å². The maximum atomic E-state index is 5.97. The lowest BCUT2D eigenvalue weighted by Gasteiger charge is -2.22. The van der Waals surface area contributed by atoms with Gasteiger partial charge in [0.1, 0.15) is 23.0 Å². The molecule has 0 spiro atoms. The van der Waals surface area contributed by atoms with Crippen molar-refractivity contribution in [3.05, 3.63) is 52.2 Å². The molecule has 1 N–H and O–H groups in total. The van der Waals surface area contributed by atoms with Gasteiger partial charge in [0.15, 0.2) is 5.82 Å². The maximum absolute atomic E-state index is 5.97. The van der Waals surface area contributed by atoms with Crippen molar-refractivity contribution in [1.82, 2.24) is 9.97 Å². The standard InChI is InChI=1S/C21H20N4OS/c1-13-15(10-14-6-2-4-8-17(14)26-13)11-24-25-20-19-16-7-3-5-9-18(16)27-21(19)23-12-22-20/h2,4,6,8,10-13H,3,5,7,9H2,1H3,(H,22,23,25)/b24-11+. The Morgan fingerprint density at radius 2 is 2.11 bits per heavy atom. The molecule has 3 heterocycles. The summed E-state index contributed by atoms with van der Waals surface area (Å²) >= 11 is 1.79. The summed E-state index contributed by atoms with van der Waals surface area (Å²) in [4.78, 5) is 11.4. The minimum atomic E-state index is -0.0372. The number of fused-ring (bicyclic) bond motifs is 4. The third-order valence-electron chi connectivity index (χ3n) is 5.15. The summed E-state index contributed by atoms with van der Waals surface area (Å²) in [5.74, 6) is 1.71. The molecule has 27 heavy (non-hydrogen) atoms. The third-order valence-corrected chi connectivity index (χ3v) is 6.35. The number of thiophene rings is 1. The predicted molar refractivity (Wildman–Crippen MR) is 111 cm³/mol. The van der Waals surface area contributed by atoms with Crippen LogP contribution in [0.25, 0.3) is 16.3 Å². The minimum Gasteiger partial charge on any atom is -0.485 e. The van der Waals surface area contributed by atoms with Gasteiger partial charge in [-0.1, -0.05) is 18.2 Å². The van der Waals surface area contributed by atoms with Crippen LogP contribution < -0.4 is 10.2 Å². The Kier molecular flexibility index (Phi) is 4.13. The van der Waals surface area contributed by atoms with Gasteiger partial charge in [0.25, 0.3) is 0 Å². The number of ether oxygens (including phenoxy) is 1. The van der Waals surface area contributed by atoms with Gasteiger partial charge in [-0.25, -0.2) is 9.97 Å². The first-order chi connectivity index (χ1) is 13.3. The number of aromatic nitrogens is 2. The third kappa shape index (κ3) is 3.00. The molecule has 6 heteroatoms. The monoisotopic (exact) mass is 376 g/mol. The number of hydrazone groups is 1. The van der Waals surface area contributed by atoms with Crippen LogP contribution >= 0.6 is 11.3 Å². The summed E-state index contributed by atoms with van der Waals surface area (Å²) in [6.45, 7) is 2.03. The van der Waals surface area contributed by atoms with Gasteiger partial charge in [0.2, 0.25) is 0 Å². The van der Waals surface area contributed by atoms with E-state index in [1.807, 2.05) is 37.4 Å². The summed E-state index contributed by atoms with van der Waals surface area (Å²) in [6.07, 6.45) is 10.3. The van der Waals surface area contributed by atoms with E-state index in [4.69, 9.17) is 4.74 Å². The fourth-order valence-corrected chi connectivity index (χ4v) is 4.98. The highest BCUT2D eigenvalue weighted by molar-refractivity contribution is 7.19. The summed E-state index contributed by atoms with van der Waals surface area (Å²) in [7, 11) is 0. The van der Waals surface area contributed by atoms with Crippen LogP contribution in [0.15, 0.2) is 41.3 Å². The minimum absolute atomic E-state index is 0.0372. The van der Waals surface area contributed by atoms with E-state index in [0.717, 1.165) is 45.8 Å². The fraction of sp³-hybridized carbons (Fsp3) is 0.286. The fourth-order valence-electron chi connectivity index (χ4n) is 3.75. The maximum Gasteiger partial charge on any atom is 0.158 e. The van der Waals surface area contributed by atoms with Gasteiger partial charge >= 0.3 is 0 Å². The summed E-state index contributed by atoms with van der Waals surface area (Å²) in [6, 6.07) is 8.04. The Hall–Kier alpha value is -2.73. The van der Waals surface area contributed by atoms with E-state index in [2.05, 4.69) is 26.6 Å². The molecule has 1 unspecified atom stereocenters. The summed E-state index contributed by atoms with van der Waals surface area (Å²) in [5.41, 5.74) is 6.65. The first-order valence-corrected chi connectivity index (χ1v) is 10.1. The van der Waals surface area contributed by atoms with Gasteiger partial charge in [0, 0.05) is 16.0 Å². The smallest absolute Gasteiger partial charge is 0.158 e. The topological polar surface area (TPSA) is 59.4 Å². The van der Waals surface area contributed by atoms with Crippen molar-refractivity contribution in [2.24, 2.45) is 5.10 Å². The predicted octanol–water partition coefficient (Wildman–Crippen LogP) is 4.83. The van der Waals surface area contributed by atoms with Crippen LogP contribution in [-0.2, 0) is 12.8 Å². The highest BCUT2D eigenvalue weighted by Crippen LogP contribution is 2.38. The number of para-hydroxylation sites is 1. The zero-order chi connectivity index (χ0) is 18.2. The van der Waals surface area contributed by atoms with Crippen LogP contribution in [0.2, 0.25) is 0 Å². The number of hydrogen-bond acceptors (Lipinski definition) is 6. The number of hydrogen-bond donors (Lipinski definition) is 1. The van der Waals surface area contributed by atoms with Crippen LogP contribution in [0.5, 0.6) is 5.75 Å². The second-order valence-electron chi connectivity index (χ2n) is 6.93. The molecule has 0 bridgehead atoms. The normalized spacial score (nSPS) is 18.7. The first kappa shape index (κ1) is 16.4. The highest BCUT2D eigenvalue weighted by Gasteiger charge is 2.20. The van der Waals surface area contributed by atoms with Gasteiger partial charge in [0.05, 0.1) is 11.6 Å². The van der Waals surface area contributed by atoms with E-state index in [1.54, 1.807) is 17.7 Å². The SMILES string of the molecule is CC1Oc2ccccc2C=C1/C=N/Nc1ncnc2sc3c(c12)CCCC3. The number of nitrogens with one attached hydrogen (secondary N) is 1. The van der Waals surface area contributed by atoms with Crippen LogP contribution in [-0.4, -0.2) is 22.3 Å². The zero-order valence-corrected chi connectivity index (χ0v) is 15.9. The molecule has 0 amide bonds. The number of aryl methyl sites for hydroxylation is 2. The molecule has 0 radical (unpaired) electrons. The lowest BCUT2D eigenvalue weighted by Crippen LogP contribution is -2.19. The van der Waals surface area contributed by atoms with Gasteiger partial charge in [-0.2, -0.15) is 5.10 Å². The Morgan fingerprint density at radius 1 is 1.22 bits per heavy atom. The van der Waals surface area contributed by atoms with Crippen molar-refractivity contribution in [3.8, 4) is 5.75 Å². The Bertz CT molecular complexity index is 1070. The van der Waals surface area contributed by atoms with E-state index in [9.17, 15) is 0 Å². The molecule has 1 aromatic carbocycles. The van der Waals surface area contributed by atoms with E-state index in [1.165, 1.54) is 23.3 Å². The largest absolute Gasteiger partial charge is 0.485 e. The van der Waals surface area contributed by atoms with Crippen molar-refractivity contribution < 1.29 is 4.74 Å². The molecule has 0 saturated heterocycles. The van der Waals surface area contributed by atoms with Crippen LogP contribution in [0, 0.1) is 0 Å². The lowest BCUT2D eigenvalue weighted by atomic mass is 9.97. The van der Waals surface area contributed by atoms with E-state index >= 15 is 0 Å². The Labute approximate surface area is 161 Å². The molecule has 1 aliphatic heterocycles. The molecule has 3 aromatic rings. The second kappa shape index (κ2) is 6.78. The molecule has 0 fully saturated rings. The van der Waals surface area contributed by atoms with Crippen molar-refractivity contribution in [2.45, 2.75) is 38.7 Å². The van der Waals surface area contributed by atoms with Crippen molar-refractivity contribution in [1.29, 1.82) is 0 Å². The van der Waals surface area contributed by atoms with Gasteiger partial charge < -0.3 is 4.74 Å². The molecule has 2 aliphatic rings. The average Bonchev–Trinajstić information content (AvgIpc) is 3.08. The summed E-state index contributed by atoms with van der Waals surface area (Å²) < 4.78 is 5.97. The molecule has 1 atom stereocenters. The van der Waals surface area contributed by atoms with Gasteiger partial charge in [-0.15, -0.1) is 11.3 Å². The van der Waals surface area contributed by atoms with Gasteiger partial charge in [-0.3, -0.25) is 5.43 Å². The highest BCUT2D eigenvalue weighted by atomic mass is 32.1. The first-order valence-electron chi connectivity index (χ1n) is 9.31. The average molecular weight is 376 g/mol. The number of nitrogens with zero attached hydrogens (tertiary/aromatic N) is 3.